The van der Waals surface area contributed by atoms with Gasteiger partial charge in [-0.05, 0) is 18.2 Å². The number of hydrogen-bond acceptors (Lipinski definition) is 5. The number of carbonyl (C=O) groups is 1. The fourth-order valence-electron chi connectivity index (χ4n) is 2.31. The van der Waals surface area contributed by atoms with Crippen LogP contribution in [0.25, 0.3) is 0 Å². The second kappa shape index (κ2) is 7.28. The molecule has 0 aliphatic carbocycles. The van der Waals surface area contributed by atoms with Crippen molar-refractivity contribution in [2.45, 2.75) is 0 Å². The average Bonchev–Trinajstić information content (AvgIpc) is 2.48. The highest BCUT2D eigenvalue weighted by Gasteiger charge is 2.14. The zero-order chi connectivity index (χ0) is 15.2. The van der Waals surface area contributed by atoms with Crippen LogP contribution in [-0.4, -0.2) is 69.2 Å². The van der Waals surface area contributed by atoms with Gasteiger partial charge >= 0.3 is 0 Å². The number of ether oxygens (including phenoxy) is 1. The van der Waals surface area contributed by atoms with E-state index < -0.39 is 0 Å². The molecule has 1 heterocycles. The lowest BCUT2D eigenvalue weighted by atomic mass is 10.1. The summed E-state index contributed by atoms with van der Waals surface area (Å²) in [5, 5.41) is 3.33. The minimum Gasteiger partial charge on any atom is -0.399 e. The first-order valence-corrected chi connectivity index (χ1v) is 7.23. The summed E-state index contributed by atoms with van der Waals surface area (Å²) >= 11 is 0. The summed E-state index contributed by atoms with van der Waals surface area (Å²) in [5.41, 5.74) is 7.92. The Morgan fingerprint density at radius 3 is 2.76 bits per heavy atom. The van der Waals surface area contributed by atoms with Gasteiger partial charge in [-0.15, -0.1) is 0 Å². The van der Waals surface area contributed by atoms with E-state index in [1.54, 1.807) is 31.1 Å². The lowest BCUT2D eigenvalue weighted by molar-refractivity contribution is 0.0398. The van der Waals surface area contributed by atoms with Crippen LogP contribution in [0.15, 0.2) is 18.2 Å². The second-order valence-electron chi connectivity index (χ2n) is 5.39. The van der Waals surface area contributed by atoms with Crippen molar-refractivity contribution in [2.24, 2.45) is 0 Å². The monoisotopic (exact) mass is 292 g/mol. The van der Waals surface area contributed by atoms with Crippen molar-refractivity contribution in [3.8, 4) is 0 Å². The third-order valence-electron chi connectivity index (χ3n) is 3.53. The van der Waals surface area contributed by atoms with Gasteiger partial charge in [0.05, 0.1) is 18.8 Å². The van der Waals surface area contributed by atoms with Crippen LogP contribution in [0, 0.1) is 0 Å². The molecule has 0 saturated carbocycles. The molecular formula is C15H24N4O2. The maximum atomic E-state index is 12.2. The summed E-state index contributed by atoms with van der Waals surface area (Å²) in [6.45, 7) is 5.21. The Kier molecular flexibility index (Phi) is 5.41. The third-order valence-corrected chi connectivity index (χ3v) is 3.53. The van der Waals surface area contributed by atoms with Crippen LogP contribution < -0.4 is 11.1 Å². The predicted molar refractivity (Wildman–Crippen MR) is 84.6 cm³/mol. The minimum atomic E-state index is -0.0242. The molecular weight excluding hydrogens is 268 g/mol. The standard InChI is InChI=1S/C15H24N4O2/c1-18(2)15(20)13-4-3-12(16)11-14(13)17-5-6-19-7-9-21-10-8-19/h3-4,11,17H,5-10,16H2,1-2H3. The summed E-state index contributed by atoms with van der Waals surface area (Å²) < 4.78 is 5.33. The SMILES string of the molecule is CN(C)C(=O)c1ccc(N)cc1NCCN1CCOCC1. The Morgan fingerprint density at radius 2 is 2.10 bits per heavy atom. The van der Waals surface area contributed by atoms with Crippen molar-refractivity contribution in [2.75, 3.05) is 64.5 Å². The molecule has 0 atom stereocenters. The van der Waals surface area contributed by atoms with Crippen molar-refractivity contribution in [1.82, 2.24) is 9.80 Å². The molecule has 6 nitrogen and oxygen atoms in total. The van der Waals surface area contributed by atoms with E-state index in [0.717, 1.165) is 45.1 Å². The number of nitrogen functional groups attached to an aromatic ring is 1. The lowest BCUT2D eigenvalue weighted by Gasteiger charge is -2.27. The van der Waals surface area contributed by atoms with Gasteiger partial charge < -0.3 is 20.7 Å². The van der Waals surface area contributed by atoms with Gasteiger partial charge in [0.25, 0.3) is 5.91 Å². The van der Waals surface area contributed by atoms with Crippen LogP contribution in [0.5, 0.6) is 0 Å². The number of nitrogens with two attached hydrogens (primary N) is 1. The molecule has 1 aromatic rings. The first-order chi connectivity index (χ1) is 10.1. The van der Waals surface area contributed by atoms with E-state index in [4.69, 9.17) is 10.5 Å². The van der Waals surface area contributed by atoms with Crippen molar-refractivity contribution in [3.63, 3.8) is 0 Å². The second-order valence-corrected chi connectivity index (χ2v) is 5.39. The molecule has 0 radical (unpaired) electrons. The van der Waals surface area contributed by atoms with Gasteiger partial charge in [-0.3, -0.25) is 9.69 Å². The molecule has 1 aromatic carbocycles. The van der Waals surface area contributed by atoms with Crippen molar-refractivity contribution < 1.29 is 9.53 Å². The van der Waals surface area contributed by atoms with Crippen LogP contribution in [0.3, 0.4) is 0 Å². The predicted octanol–water partition coefficient (Wildman–Crippen LogP) is 0.715. The topological polar surface area (TPSA) is 70.8 Å². The third kappa shape index (κ3) is 4.34. The van der Waals surface area contributed by atoms with E-state index >= 15 is 0 Å². The molecule has 0 unspecified atom stereocenters. The highest BCUT2D eigenvalue weighted by atomic mass is 16.5. The molecule has 0 spiro atoms. The Bertz CT molecular complexity index is 485. The van der Waals surface area contributed by atoms with E-state index in [9.17, 15) is 4.79 Å². The smallest absolute Gasteiger partial charge is 0.255 e. The van der Waals surface area contributed by atoms with Crippen LogP contribution >= 0.6 is 0 Å². The number of carbonyl (C=O) groups excluding carboxylic acids is 1. The van der Waals surface area contributed by atoms with Gasteiger partial charge in [-0.1, -0.05) is 0 Å². The Hall–Kier alpha value is -1.79. The van der Waals surface area contributed by atoms with Crippen LogP contribution in [0.4, 0.5) is 11.4 Å². The first kappa shape index (κ1) is 15.6. The zero-order valence-electron chi connectivity index (χ0n) is 12.8. The average molecular weight is 292 g/mol. The molecule has 21 heavy (non-hydrogen) atoms. The number of benzene rings is 1. The van der Waals surface area contributed by atoms with Gasteiger partial charge in [0.1, 0.15) is 0 Å². The van der Waals surface area contributed by atoms with Crippen molar-refractivity contribution >= 4 is 17.3 Å². The summed E-state index contributed by atoms with van der Waals surface area (Å²) in [6.07, 6.45) is 0. The molecule has 1 amide bonds. The van der Waals surface area contributed by atoms with Crippen LogP contribution in [0.1, 0.15) is 10.4 Å². The van der Waals surface area contributed by atoms with E-state index in [2.05, 4.69) is 10.2 Å². The highest BCUT2D eigenvalue weighted by molar-refractivity contribution is 5.99. The molecule has 1 aliphatic heterocycles. The Balaban J connectivity index is 1.97. The molecule has 0 bridgehead atoms. The van der Waals surface area contributed by atoms with E-state index in [-0.39, 0.29) is 5.91 Å². The molecule has 1 fully saturated rings. The fraction of sp³-hybridized carbons (Fsp3) is 0.533. The quantitative estimate of drug-likeness (QED) is 0.782. The summed E-state index contributed by atoms with van der Waals surface area (Å²) in [6, 6.07) is 5.34. The molecule has 1 saturated heterocycles. The van der Waals surface area contributed by atoms with Gasteiger partial charge in [-0.2, -0.15) is 0 Å². The largest absolute Gasteiger partial charge is 0.399 e. The lowest BCUT2D eigenvalue weighted by Crippen LogP contribution is -2.39. The number of amides is 1. The number of hydrogen-bond donors (Lipinski definition) is 2. The van der Waals surface area contributed by atoms with Crippen molar-refractivity contribution in [1.29, 1.82) is 0 Å². The maximum absolute atomic E-state index is 12.2. The first-order valence-electron chi connectivity index (χ1n) is 7.23. The Morgan fingerprint density at radius 1 is 1.38 bits per heavy atom. The highest BCUT2D eigenvalue weighted by Crippen LogP contribution is 2.20. The normalized spacial score (nSPS) is 15.7. The minimum absolute atomic E-state index is 0.0242. The van der Waals surface area contributed by atoms with Crippen LogP contribution in [-0.2, 0) is 4.74 Å². The zero-order valence-corrected chi connectivity index (χ0v) is 12.8. The van der Waals surface area contributed by atoms with Gasteiger partial charge in [0.15, 0.2) is 0 Å². The van der Waals surface area contributed by atoms with Crippen LogP contribution in [0.2, 0.25) is 0 Å². The summed E-state index contributed by atoms with van der Waals surface area (Å²) in [7, 11) is 3.49. The number of nitrogens with one attached hydrogen (secondary N) is 1. The molecule has 3 N–H and O–H groups in total. The number of nitrogens with zero attached hydrogens (tertiary/aromatic N) is 2. The molecule has 2 rings (SSSR count). The summed E-state index contributed by atoms with van der Waals surface area (Å²) in [5.74, 6) is -0.0242. The summed E-state index contributed by atoms with van der Waals surface area (Å²) in [4.78, 5) is 16.1. The van der Waals surface area contributed by atoms with E-state index in [1.165, 1.54) is 0 Å². The molecule has 1 aliphatic rings. The Labute approximate surface area is 125 Å². The molecule has 6 heteroatoms. The molecule has 116 valence electrons. The fourth-order valence-corrected chi connectivity index (χ4v) is 2.31. The number of morpholine rings is 1. The molecule has 0 aromatic heterocycles. The van der Waals surface area contributed by atoms with E-state index in [1.807, 2.05) is 6.07 Å². The van der Waals surface area contributed by atoms with Gasteiger partial charge in [-0.25, -0.2) is 0 Å². The number of rotatable bonds is 5. The van der Waals surface area contributed by atoms with E-state index in [0.29, 0.717) is 11.3 Å². The number of anilines is 2. The van der Waals surface area contributed by atoms with Gasteiger partial charge in [0, 0.05) is 51.6 Å². The van der Waals surface area contributed by atoms with Crippen molar-refractivity contribution in [3.05, 3.63) is 23.8 Å². The maximum Gasteiger partial charge on any atom is 0.255 e. The van der Waals surface area contributed by atoms with Gasteiger partial charge in [0.2, 0.25) is 0 Å².